The fourth-order valence-corrected chi connectivity index (χ4v) is 2.91. The van der Waals surface area contributed by atoms with Crippen LogP contribution in [0.2, 0.25) is 0 Å². The van der Waals surface area contributed by atoms with Crippen molar-refractivity contribution < 1.29 is 9.59 Å². The number of rotatable bonds is 1. The predicted octanol–water partition coefficient (Wildman–Crippen LogP) is 1.36. The molecule has 0 spiro atoms. The summed E-state index contributed by atoms with van der Waals surface area (Å²) in [5.41, 5.74) is 1.50. The number of amides is 2. The molecule has 2 aliphatic heterocycles. The number of benzene rings is 1. The highest BCUT2D eigenvalue weighted by molar-refractivity contribution is 6.11. The molecule has 2 unspecified atom stereocenters. The lowest BCUT2D eigenvalue weighted by Gasteiger charge is -2.34. The molecule has 2 atom stereocenters. The van der Waals surface area contributed by atoms with Crippen LogP contribution in [0.25, 0.3) is 0 Å². The smallest absolute Gasteiger partial charge is 0.244 e. The number of nitrogens with one attached hydrogen (secondary N) is 2. The van der Waals surface area contributed by atoms with Crippen molar-refractivity contribution in [1.82, 2.24) is 5.32 Å². The summed E-state index contributed by atoms with van der Waals surface area (Å²) in [4.78, 5) is 26.1. The van der Waals surface area contributed by atoms with Gasteiger partial charge in [0.25, 0.3) is 0 Å². The second-order valence-electron chi connectivity index (χ2n) is 5.63. The summed E-state index contributed by atoms with van der Waals surface area (Å²) >= 11 is 0. The summed E-state index contributed by atoms with van der Waals surface area (Å²) in [5.74, 6) is 0.402. The first kappa shape index (κ1) is 13.1. The molecular formula is C15H19N3O2. The third-order valence-corrected chi connectivity index (χ3v) is 4.00. The van der Waals surface area contributed by atoms with Crippen molar-refractivity contribution in [3.05, 3.63) is 24.3 Å². The van der Waals surface area contributed by atoms with E-state index in [2.05, 4.69) is 17.6 Å². The minimum Gasteiger partial charge on any atom is -0.323 e. The maximum atomic E-state index is 12.7. The van der Waals surface area contributed by atoms with Gasteiger partial charge in [0.15, 0.2) is 0 Å². The van der Waals surface area contributed by atoms with Gasteiger partial charge in [-0.1, -0.05) is 19.1 Å². The molecule has 5 heteroatoms. The summed E-state index contributed by atoms with van der Waals surface area (Å²) in [7, 11) is 0. The molecule has 2 N–H and O–H groups in total. The van der Waals surface area contributed by atoms with Crippen LogP contribution in [0, 0.1) is 5.92 Å². The molecule has 2 amide bonds. The van der Waals surface area contributed by atoms with Gasteiger partial charge in [-0.15, -0.1) is 0 Å². The number of para-hydroxylation sites is 2. The third-order valence-electron chi connectivity index (χ3n) is 4.00. The Bertz CT molecular complexity index is 544. The van der Waals surface area contributed by atoms with E-state index in [9.17, 15) is 9.59 Å². The van der Waals surface area contributed by atoms with Crippen molar-refractivity contribution in [2.75, 3.05) is 23.3 Å². The normalized spacial score (nSPS) is 25.9. The molecule has 1 aromatic rings. The molecule has 0 radical (unpaired) electrons. The van der Waals surface area contributed by atoms with E-state index in [1.165, 1.54) is 0 Å². The number of fused-ring (bicyclic) bond motifs is 1. The molecule has 0 bridgehead atoms. The summed E-state index contributed by atoms with van der Waals surface area (Å²) in [5, 5.41) is 6.07. The standard InChI is InChI=1S/C15H19N3O2/c1-10-6-7-16-12(8-10)15(20)18-9-14(19)17-11-4-2-3-5-13(11)18/h2-5,10,12,16H,6-9H2,1H3,(H,17,19). The summed E-state index contributed by atoms with van der Waals surface area (Å²) in [6.45, 7) is 3.12. The first-order chi connectivity index (χ1) is 9.65. The van der Waals surface area contributed by atoms with Gasteiger partial charge < -0.3 is 10.6 Å². The van der Waals surface area contributed by atoms with Crippen molar-refractivity contribution in [1.29, 1.82) is 0 Å². The quantitative estimate of drug-likeness (QED) is 0.812. The number of hydrogen-bond acceptors (Lipinski definition) is 3. The molecule has 106 valence electrons. The number of nitrogens with zero attached hydrogens (tertiary/aromatic N) is 1. The van der Waals surface area contributed by atoms with Crippen molar-refractivity contribution >= 4 is 23.2 Å². The SMILES string of the molecule is CC1CCNC(C(=O)N2CC(=O)Nc3ccccc32)C1. The maximum Gasteiger partial charge on any atom is 0.244 e. The fourth-order valence-electron chi connectivity index (χ4n) is 2.91. The molecule has 5 nitrogen and oxygen atoms in total. The van der Waals surface area contributed by atoms with E-state index in [1.54, 1.807) is 4.90 Å². The lowest BCUT2D eigenvalue weighted by Crippen LogP contribution is -2.53. The van der Waals surface area contributed by atoms with Gasteiger partial charge in [0.1, 0.15) is 6.54 Å². The molecule has 2 aliphatic rings. The average Bonchev–Trinajstić information content (AvgIpc) is 2.45. The van der Waals surface area contributed by atoms with Crippen molar-refractivity contribution in [2.45, 2.75) is 25.8 Å². The van der Waals surface area contributed by atoms with Gasteiger partial charge in [-0.25, -0.2) is 0 Å². The van der Waals surface area contributed by atoms with Crippen LogP contribution in [0.4, 0.5) is 11.4 Å². The van der Waals surface area contributed by atoms with Gasteiger partial charge in [0.2, 0.25) is 11.8 Å². The van der Waals surface area contributed by atoms with Crippen LogP contribution in [0.1, 0.15) is 19.8 Å². The van der Waals surface area contributed by atoms with E-state index in [0.717, 1.165) is 25.1 Å². The highest BCUT2D eigenvalue weighted by Crippen LogP contribution is 2.30. The Morgan fingerprint density at radius 3 is 2.95 bits per heavy atom. The van der Waals surface area contributed by atoms with E-state index in [0.29, 0.717) is 11.6 Å². The molecule has 20 heavy (non-hydrogen) atoms. The summed E-state index contributed by atoms with van der Waals surface area (Å²) < 4.78 is 0. The molecule has 3 rings (SSSR count). The number of piperidine rings is 1. The largest absolute Gasteiger partial charge is 0.323 e. The van der Waals surface area contributed by atoms with Gasteiger partial charge in [0.05, 0.1) is 17.4 Å². The molecule has 0 aromatic heterocycles. The molecule has 2 heterocycles. The second kappa shape index (κ2) is 5.25. The fraction of sp³-hybridized carbons (Fsp3) is 0.467. The zero-order valence-corrected chi connectivity index (χ0v) is 11.6. The Labute approximate surface area is 118 Å². The van der Waals surface area contributed by atoms with Gasteiger partial charge in [-0.2, -0.15) is 0 Å². The molecule has 1 saturated heterocycles. The Hall–Kier alpha value is -1.88. The van der Waals surface area contributed by atoms with Crippen molar-refractivity contribution in [2.24, 2.45) is 5.92 Å². The third kappa shape index (κ3) is 2.41. The highest BCUT2D eigenvalue weighted by Gasteiger charge is 2.33. The Morgan fingerprint density at radius 1 is 1.35 bits per heavy atom. The monoisotopic (exact) mass is 273 g/mol. The minimum atomic E-state index is -0.183. The highest BCUT2D eigenvalue weighted by atomic mass is 16.2. The molecular weight excluding hydrogens is 254 g/mol. The van der Waals surface area contributed by atoms with E-state index in [1.807, 2.05) is 24.3 Å². The molecule has 0 aliphatic carbocycles. The van der Waals surface area contributed by atoms with Gasteiger partial charge >= 0.3 is 0 Å². The first-order valence-corrected chi connectivity index (χ1v) is 7.09. The summed E-state index contributed by atoms with van der Waals surface area (Å²) in [6, 6.07) is 7.25. The zero-order valence-electron chi connectivity index (χ0n) is 11.6. The van der Waals surface area contributed by atoms with Crippen LogP contribution in [-0.2, 0) is 9.59 Å². The van der Waals surface area contributed by atoms with Gasteiger partial charge in [-0.05, 0) is 37.4 Å². The lowest BCUT2D eigenvalue weighted by atomic mass is 9.93. The minimum absolute atomic E-state index is 0.00106. The zero-order chi connectivity index (χ0) is 14.1. The van der Waals surface area contributed by atoms with E-state index < -0.39 is 0 Å². The van der Waals surface area contributed by atoms with Gasteiger partial charge in [0, 0.05) is 0 Å². The number of carbonyl (C=O) groups is 2. The Morgan fingerprint density at radius 2 is 2.15 bits per heavy atom. The Balaban J connectivity index is 1.86. The number of anilines is 2. The molecule has 1 aromatic carbocycles. The van der Waals surface area contributed by atoms with Crippen molar-refractivity contribution in [3.8, 4) is 0 Å². The van der Waals surface area contributed by atoms with Crippen LogP contribution in [0.3, 0.4) is 0 Å². The topological polar surface area (TPSA) is 61.4 Å². The maximum absolute atomic E-state index is 12.7. The van der Waals surface area contributed by atoms with Crippen LogP contribution < -0.4 is 15.5 Å². The van der Waals surface area contributed by atoms with Crippen LogP contribution >= 0.6 is 0 Å². The van der Waals surface area contributed by atoms with Crippen LogP contribution in [-0.4, -0.2) is 30.9 Å². The number of hydrogen-bond donors (Lipinski definition) is 2. The second-order valence-corrected chi connectivity index (χ2v) is 5.63. The summed E-state index contributed by atoms with van der Waals surface area (Å²) in [6.07, 6.45) is 1.93. The molecule has 0 saturated carbocycles. The lowest BCUT2D eigenvalue weighted by molar-refractivity contribution is -0.124. The van der Waals surface area contributed by atoms with E-state index in [-0.39, 0.29) is 24.4 Å². The Kier molecular flexibility index (Phi) is 3.44. The van der Waals surface area contributed by atoms with Crippen molar-refractivity contribution in [3.63, 3.8) is 0 Å². The molecule has 1 fully saturated rings. The van der Waals surface area contributed by atoms with E-state index >= 15 is 0 Å². The van der Waals surface area contributed by atoms with Gasteiger partial charge in [-0.3, -0.25) is 14.5 Å². The van der Waals surface area contributed by atoms with Crippen LogP contribution in [0.5, 0.6) is 0 Å². The predicted molar refractivity (Wildman–Crippen MR) is 77.6 cm³/mol. The van der Waals surface area contributed by atoms with E-state index in [4.69, 9.17) is 0 Å². The number of carbonyl (C=O) groups excluding carboxylic acids is 2. The first-order valence-electron chi connectivity index (χ1n) is 7.09. The average molecular weight is 273 g/mol. The van der Waals surface area contributed by atoms with Crippen LogP contribution in [0.15, 0.2) is 24.3 Å².